The standard InChI is InChI=1S/C15H16BrN3O2/c16-10-6-4-9(5-7-10)12-14(20)18-13(19-15(12)21)11-3-1-2-8-17-11/h4-7,11-12,17H,1-3,8H2,(H,18,19,20,21). The molecule has 0 aromatic heterocycles. The topological polar surface area (TPSA) is 70.6 Å². The number of aliphatic imine (C=N–C) groups is 1. The largest absolute Gasteiger partial charge is 0.312 e. The first kappa shape index (κ1) is 14.4. The summed E-state index contributed by atoms with van der Waals surface area (Å²) in [6, 6.07) is 7.16. The minimum Gasteiger partial charge on any atom is -0.312 e. The Bertz CT molecular complexity index is 591. The molecule has 0 saturated carbocycles. The summed E-state index contributed by atoms with van der Waals surface area (Å²) in [5.74, 6) is -1.05. The number of halogens is 1. The van der Waals surface area contributed by atoms with Gasteiger partial charge in [-0.3, -0.25) is 9.59 Å². The number of piperidine rings is 1. The van der Waals surface area contributed by atoms with Gasteiger partial charge in [-0.25, -0.2) is 0 Å². The Kier molecular flexibility index (Phi) is 4.17. The number of amides is 2. The quantitative estimate of drug-likeness (QED) is 0.798. The lowest BCUT2D eigenvalue weighted by Crippen LogP contribution is -2.53. The first-order chi connectivity index (χ1) is 10.1. The summed E-state index contributed by atoms with van der Waals surface area (Å²) in [6.07, 6.45) is 3.10. The fourth-order valence-electron chi connectivity index (χ4n) is 2.72. The third kappa shape index (κ3) is 3.06. The van der Waals surface area contributed by atoms with E-state index in [4.69, 9.17) is 0 Å². The zero-order chi connectivity index (χ0) is 14.8. The van der Waals surface area contributed by atoms with Crippen molar-refractivity contribution in [2.75, 3.05) is 6.54 Å². The van der Waals surface area contributed by atoms with Gasteiger partial charge in [0.15, 0.2) is 0 Å². The maximum absolute atomic E-state index is 12.3. The summed E-state index contributed by atoms with van der Waals surface area (Å²) in [4.78, 5) is 28.7. The molecule has 1 aromatic rings. The molecule has 2 amide bonds. The Morgan fingerprint density at radius 2 is 1.90 bits per heavy atom. The summed E-state index contributed by atoms with van der Waals surface area (Å²) in [6.45, 7) is 0.893. The Hall–Kier alpha value is -1.53. The molecule has 3 rings (SSSR count). The van der Waals surface area contributed by atoms with Gasteiger partial charge in [-0.2, -0.15) is 4.99 Å². The molecule has 1 saturated heterocycles. The van der Waals surface area contributed by atoms with Gasteiger partial charge in [0, 0.05) is 4.47 Å². The van der Waals surface area contributed by atoms with Crippen LogP contribution in [0.25, 0.3) is 0 Å². The summed E-state index contributed by atoms with van der Waals surface area (Å²) in [5.41, 5.74) is 0.667. The van der Waals surface area contributed by atoms with Crippen LogP contribution in [0.2, 0.25) is 0 Å². The van der Waals surface area contributed by atoms with Crippen LogP contribution in [0.1, 0.15) is 30.7 Å². The van der Waals surface area contributed by atoms with Gasteiger partial charge in [0.25, 0.3) is 5.91 Å². The molecule has 2 unspecified atom stereocenters. The number of nitrogens with one attached hydrogen (secondary N) is 2. The van der Waals surface area contributed by atoms with Crippen LogP contribution < -0.4 is 10.6 Å². The molecule has 110 valence electrons. The molecule has 2 aliphatic heterocycles. The van der Waals surface area contributed by atoms with Crippen LogP contribution in [-0.4, -0.2) is 30.2 Å². The van der Waals surface area contributed by atoms with Gasteiger partial charge in [0.05, 0.1) is 6.04 Å². The third-order valence-electron chi connectivity index (χ3n) is 3.83. The maximum Gasteiger partial charge on any atom is 0.264 e. The van der Waals surface area contributed by atoms with Crippen LogP contribution in [0.5, 0.6) is 0 Å². The molecule has 1 aromatic carbocycles. The molecule has 2 atom stereocenters. The number of benzene rings is 1. The molecule has 2 heterocycles. The van der Waals surface area contributed by atoms with E-state index < -0.39 is 5.92 Å². The highest BCUT2D eigenvalue weighted by Gasteiger charge is 2.35. The van der Waals surface area contributed by atoms with Crippen LogP contribution in [-0.2, 0) is 9.59 Å². The fraction of sp³-hybridized carbons (Fsp3) is 0.400. The molecule has 5 nitrogen and oxygen atoms in total. The molecule has 0 bridgehead atoms. The van der Waals surface area contributed by atoms with Crippen LogP contribution in [0.15, 0.2) is 33.7 Å². The second kappa shape index (κ2) is 6.07. The lowest BCUT2D eigenvalue weighted by Gasteiger charge is -2.28. The van der Waals surface area contributed by atoms with Gasteiger partial charge >= 0.3 is 0 Å². The molecule has 1 fully saturated rings. The second-order valence-electron chi connectivity index (χ2n) is 5.31. The molecule has 2 aliphatic rings. The maximum atomic E-state index is 12.3. The van der Waals surface area contributed by atoms with Gasteiger partial charge in [0.1, 0.15) is 11.8 Å². The summed E-state index contributed by atoms with van der Waals surface area (Å²) >= 11 is 3.34. The highest BCUT2D eigenvalue weighted by Crippen LogP contribution is 2.23. The minimum absolute atomic E-state index is 0.0162. The molecule has 0 radical (unpaired) electrons. The van der Waals surface area contributed by atoms with E-state index in [0.29, 0.717) is 11.4 Å². The van der Waals surface area contributed by atoms with E-state index in [-0.39, 0.29) is 17.9 Å². The van der Waals surface area contributed by atoms with Crippen molar-refractivity contribution < 1.29 is 9.59 Å². The second-order valence-corrected chi connectivity index (χ2v) is 6.23. The Balaban J connectivity index is 1.83. The number of hydrogen-bond donors (Lipinski definition) is 2. The number of rotatable bonds is 2. The third-order valence-corrected chi connectivity index (χ3v) is 4.36. The average Bonchev–Trinajstić information content (AvgIpc) is 2.49. The van der Waals surface area contributed by atoms with Crippen molar-refractivity contribution >= 4 is 33.6 Å². The Labute approximate surface area is 131 Å². The van der Waals surface area contributed by atoms with Gasteiger partial charge in [-0.05, 0) is 37.1 Å². The normalized spacial score (nSPS) is 26.2. The molecule has 0 spiro atoms. The summed E-state index contributed by atoms with van der Waals surface area (Å²) < 4.78 is 0.908. The van der Waals surface area contributed by atoms with E-state index in [1.807, 2.05) is 12.1 Å². The van der Waals surface area contributed by atoms with E-state index in [1.54, 1.807) is 12.1 Å². The number of carbonyl (C=O) groups is 2. The Morgan fingerprint density at radius 3 is 2.52 bits per heavy atom. The summed E-state index contributed by atoms with van der Waals surface area (Å²) in [5, 5.41) is 6.08. The van der Waals surface area contributed by atoms with Crippen LogP contribution in [0, 0.1) is 0 Å². The highest BCUT2D eigenvalue weighted by molar-refractivity contribution is 9.10. The molecule has 0 aliphatic carbocycles. The monoisotopic (exact) mass is 349 g/mol. The van der Waals surface area contributed by atoms with E-state index in [9.17, 15) is 9.59 Å². The van der Waals surface area contributed by atoms with Gasteiger partial charge < -0.3 is 10.6 Å². The first-order valence-corrected chi connectivity index (χ1v) is 7.86. The van der Waals surface area contributed by atoms with Crippen molar-refractivity contribution in [1.29, 1.82) is 0 Å². The highest BCUT2D eigenvalue weighted by atomic mass is 79.9. The van der Waals surface area contributed by atoms with Crippen molar-refractivity contribution in [2.45, 2.75) is 31.2 Å². The molecule has 6 heteroatoms. The van der Waals surface area contributed by atoms with Crippen molar-refractivity contribution in [3.63, 3.8) is 0 Å². The smallest absolute Gasteiger partial charge is 0.264 e. The van der Waals surface area contributed by atoms with E-state index >= 15 is 0 Å². The summed E-state index contributed by atoms with van der Waals surface area (Å²) in [7, 11) is 0. The predicted molar refractivity (Wildman–Crippen MR) is 83.1 cm³/mol. The van der Waals surface area contributed by atoms with Crippen molar-refractivity contribution in [3.8, 4) is 0 Å². The van der Waals surface area contributed by atoms with Crippen molar-refractivity contribution in [1.82, 2.24) is 10.6 Å². The lowest BCUT2D eigenvalue weighted by molar-refractivity contribution is -0.129. The van der Waals surface area contributed by atoms with Crippen molar-refractivity contribution in [3.05, 3.63) is 34.3 Å². The van der Waals surface area contributed by atoms with Crippen LogP contribution in [0.4, 0.5) is 0 Å². The van der Waals surface area contributed by atoms with Gasteiger partial charge in [0.2, 0.25) is 5.91 Å². The zero-order valence-electron chi connectivity index (χ0n) is 11.4. The van der Waals surface area contributed by atoms with Gasteiger partial charge in [-0.15, -0.1) is 0 Å². The molecule has 21 heavy (non-hydrogen) atoms. The van der Waals surface area contributed by atoms with Crippen molar-refractivity contribution in [2.24, 2.45) is 4.99 Å². The fourth-order valence-corrected chi connectivity index (χ4v) is 2.99. The number of hydrogen-bond acceptors (Lipinski definition) is 3. The van der Waals surface area contributed by atoms with E-state index in [1.165, 1.54) is 0 Å². The molecule has 2 N–H and O–H groups in total. The Morgan fingerprint density at radius 1 is 1.14 bits per heavy atom. The van der Waals surface area contributed by atoms with E-state index in [0.717, 1.165) is 30.3 Å². The lowest BCUT2D eigenvalue weighted by atomic mass is 9.95. The molecular formula is C15H16BrN3O2. The SMILES string of the molecule is O=C1N=C(C2CCCCN2)NC(=O)C1c1ccc(Br)cc1. The van der Waals surface area contributed by atoms with Gasteiger partial charge in [-0.1, -0.05) is 34.5 Å². The zero-order valence-corrected chi connectivity index (χ0v) is 13.0. The molecular weight excluding hydrogens is 334 g/mol. The number of amidine groups is 1. The minimum atomic E-state index is -0.842. The first-order valence-electron chi connectivity index (χ1n) is 7.07. The van der Waals surface area contributed by atoms with E-state index in [2.05, 4.69) is 31.6 Å². The van der Waals surface area contributed by atoms with Crippen LogP contribution in [0.3, 0.4) is 0 Å². The average molecular weight is 350 g/mol. The number of carbonyl (C=O) groups excluding carboxylic acids is 2. The van der Waals surface area contributed by atoms with Crippen LogP contribution >= 0.6 is 15.9 Å². The number of nitrogens with zero attached hydrogens (tertiary/aromatic N) is 1. The predicted octanol–water partition coefficient (Wildman–Crippen LogP) is 1.73.